The molecule has 0 saturated carbocycles. The highest BCUT2D eigenvalue weighted by molar-refractivity contribution is 6.17. The van der Waals surface area contributed by atoms with Gasteiger partial charge in [-0.25, -0.2) is 9.78 Å². The summed E-state index contributed by atoms with van der Waals surface area (Å²) in [5, 5.41) is 4.01. The lowest BCUT2D eigenvalue weighted by Gasteiger charge is -2.06. The maximum absolute atomic E-state index is 11.5. The minimum Gasteiger partial charge on any atom is -0.305 e. The number of benzene rings is 2. The Morgan fingerprint density at radius 3 is 2.68 bits per heavy atom. The SMILES string of the molecule is O=c1ncc2ccc3ncc4ccccc4c3c2[nH]1. The largest absolute Gasteiger partial charge is 0.345 e. The van der Waals surface area contributed by atoms with Crippen LogP contribution in [0.2, 0.25) is 0 Å². The number of aromatic amines is 1. The Hall–Kier alpha value is -2.75. The van der Waals surface area contributed by atoms with Crippen LogP contribution in [-0.4, -0.2) is 15.0 Å². The Labute approximate surface area is 107 Å². The average molecular weight is 247 g/mol. The molecule has 1 N–H and O–H groups in total. The van der Waals surface area contributed by atoms with E-state index in [2.05, 4.69) is 15.0 Å². The monoisotopic (exact) mass is 247 g/mol. The first-order chi connectivity index (χ1) is 9.33. The lowest BCUT2D eigenvalue weighted by Crippen LogP contribution is -2.08. The van der Waals surface area contributed by atoms with Crippen molar-refractivity contribution >= 4 is 32.6 Å². The van der Waals surface area contributed by atoms with Gasteiger partial charge in [0, 0.05) is 28.6 Å². The van der Waals surface area contributed by atoms with E-state index < -0.39 is 0 Å². The van der Waals surface area contributed by atoms with Gasteiger partial charge in [-0.05, 0) is 17.5 Å². The third-order valence-electron chi connectivity index (χ3n) is 3.34. The van der Waals surface area contributed by atoms with Gasteiger partial charge in [-0.1, -0.05) is 24.3 Å². The molecule has 4 aromatic rings. The standard InChI is InChI=1S/C15H9N3O/c19-15-17-8-10-5-6-12-13(14(10)18-15)11-4-2-1-3-9(11)7-16-12/h1-8H,(H,17,18,19). The molecule has 2 aromatic carbocycles. The molecule has 0 aliphatic heterocycles. The maximum atomic E-state index is 11.5. The van der Waals surface area contributed by atoms with Crippen molar-refractivity contribution < 1.29 is 0 Å². The van der Waals surface area contributed by atoms with Gasteiger partial charge in [-0.2, -0.15) is 0 Å². The van der Waals surface area contributed by atoms with Crippen LogP contribution in [0, 0.1) is 0 Å². The first kappa shape index (κ1) is 10.2. The van der Waals surface area contributed by atoms with Crippen molar-refractivity contribution in [1.82, 2.24) is 15.0 Å². The molecule has 0 unspecified atom stereocenters. The van der Waals surface area contributed by atoms with Crippen molar-refractivity contribution in [3.8, 4) is 0 Å². The molecule has 0 bridgehead atoms. The van der Waals surface area contributed by atoms with E-state index >= 15 is 0 Å². The molecule has 0 amide bonds. The molecule has 0 fully saturated rings. The molecule has 4 nitrogen and oxygen atoms in total. The first-order valence-corrected chi connectivity index (χ1v) is 5.98. The van der Waals surface area contributed by atoms with Crippen LogP contribution in [0.3, 0.4) is 0 Å². The fraction of sp³-hybridized carbons (Fsp3) is 0. The van der Waals surface area contributed by atoms with E-state index in [9.17, 15) is 4.79 Å². The highest BCUT2D eigenvalue weighted by Gasteiger charge is 2.06. The molecule has 2 heterocycles. The molecule has 0 aliphatic rings. The number of pyridine rings is 1. The maximum Gasteiger partial charge on any atom is 0.345 e. The molecular weight excluding hydrogens is 238 g/mol. The molecule has 0 atom stereocenters. The molecule has 4 heteroatoms. The van der Waals surface area contributed by atoms with Crippen LogP contribution in [0.1, 0.15) is 0 Å². The zero-order valence-corrected chi connectivity index (χ0v) is 9.92. The highest BCUT2D eigenvalue weighted by Crippen LogP contribution is 2.28. The summed E-state index contributed by atoms with van der Waals surface area (Å²) in [6.45, 7) is 0. The van der Waals surface area contributed by atoms with Gasteiger partial charge in [0.2, 0.25) is 0 Å². The first-order valence-electron chi connectivity index (χ1n) is 5.98. The van der Waals surface area contributed by atoms with Crippen molar-refractivity contribution in [1.29, 1.82) is 0 Å². The summed E-state index contributed by atoms with van der Waals surface area (Å²) in [5.74, 6) is 0. The van der Waals surface area contributed by atoms with E-state index in [0.29, 0.717) is 0 Å². The van der Waals surface area contributed by atoms with Gasteiger partial charge in [0.15, 0.2) is 0 Å². The normalized spacial score (nSPS) is 11.4. The van der Waals surface area contributed by atoms with Crippen molar-refractivity contribution in [3.05, 3.63) is 59.3 Å². The summed E-state index contributed by atoms with van der Waals surface area (Å²) in [6, 6.07) is 11.9. The Morgan fingerprint density at radius 1 is 0.895 bits per heavy atom. The van der Waals surface area contributed by atoms with Gasteiger partial charge < -0.3 is 4.98 Å². The van der Waals surface area contributed by atoms with Crippen LogP contribution in [0.4, 0.5) is 0 Å². The van der Waals surface area contributed by atoms with Crippen LogP contribution < -0.4 is 5.69 Å². The number of nitrogens with one attached hydrogen (secondary N) is 1. The molecule has 19 heavy (non-hydrogen) atoms. The van der Waals surface area contributed by atoms with Crippen molar-refractivity contribution in [2.45, 2.75) is 0 Å². The number of fused-ring (bicyclic) bond motifs is 5. The second-order valence-electron chi connectivity index (χ2n) is 4.46. The van der Waals surface area contributed by atoms with E-state index in [1.54, 1.807) is 6.20 Å². The predicted octanol–water partition coefficient (Wildman–Crippen LogP) is 2.62. The Bertz CT molecular complexity index is 983. The van der Waals surface area contributed by atoms with Gasteiger partial charge in [-0.3, -0.25) is 4.98 Å². The number of hydrogen-bond acceptors (Lipinski definition) is 3. The van der Waals surface area contributed by atoms with Gasteiger partial charge in [0.05, 0.1) is 11.0 Å². The molecule has 4 rings (SSSR count). The average Bonchev–Trinajstić information content (AvgIpc) is 2.46. The summed E-state index contributed by atoms with van der Waals surface area (Å²) < 4.78 is 0. The van der Waals surface area contributed by atoms with E-state index in [1.807, 2.05) is 42.6 Å². The Morgan fingerprint density at radius 2 is 1.74 bits per heavy atom. The fourth-order valence-corrected chi connectivity index (χ4v) is 2.47. The quantitative estimate of drug-likeness (QED) is 0.486. The molecule has 0 saturated heterocycles. The molecule has 0 aliphatic carbocycles. The summed E-state index contributed by atoms with van der Waals surface area (Å²) in [5.41, 5.74) is 1.32. The minimum atomic E-state index is -0.340. The van der Waals surface area contributed by atoms with Crippen LogP contribution in [0.5, 0.6) is 0 Å². The second-order valence-corrected chi connectivity index (χ2v) is 4.46. The van der Waals surface area contributed by atoms with E-state index in [0.717, 1.165) is 32.6 Å². The number of nitrogens with zero attached hydrogens (tertiary/aromatic N) is 2. The zero-order chi connectivity index (χ0) is 12.8. The van der Waals surface area contributed by atoms with Crippen LogP contribution >= 0.6 is 0 Å². The van der Waals surface area contributed by atoms with Crippen molar-refractivity contribution in [3.63, 3.8) is 0 Å². The van der Waals surface area contributed by atoms with Crippen LogP contribution in [0.15, 0.2) is 53.6 Å². The molecule has 0 radical (unpaired) electrons. The lowest BCUT2D eigenvalue weighted by molar-refractivity contribution is 1.12. The third-order valence-corrected chi connectivity index (χ3v) is 3.34. The van der Waals surface area contributed by atoms with Crippen molar-refractivity contribution in [2.75, 3.05) is 0 Å². The van der Waals surface area contributed by atoms with E-state index in [-0.39, 0.29) is 5.69 Å². The van der Waals surface area contributed by atoms with Gasteiger partial charge in [0.25, 0.3) is 0 Å². The summed E-state index contributed by atoms with van der Waals surface area (Å²) in [7, 11) is 0. The summed E-state index contributed by atoms with van der Waals surface area (Å²) in [4.78, 5) is 22.5. The Balaban J connectivity index is 2.39. The second kappa shape index (κ2) is 3.62. The molecule has 2 aromatic heterocycles. The summed E-state index contributed by atoms with van der Waals surface area (Å²) >= 11 is 0. The smallest absolute Gasteiger partial charge is 0.305 e. The third kappa shape index (κ3) is 1.43. The van der Waals surface area contributed by atoms with E-state index in [4.69, 9.17) is 0 Å². The summed E-state index contributed by atoms with van der Waals surface area (Å²) in [6.07, 6.45) is 3.44. The zero-order valence-electron chi connectivity index (χ0n) is 9.92. The van der Waals surface area contributed by atoms with Crippen molar-refractivity contribution in [2.24, 2.45) is 0 Å². The number of H-pyrrole nitrogens is 1. The van der Waals surface area contributed by atoms with Gasteiger partial charge in [0.1, 0.15) is 0 Å². The molecular formula is C15H9N3O. The lowest BCUT2D eigenvalue weighted by atomic mass is 10.0. The Kier molecular flexibility index (Phi) is 1.94. The molecule has 90 valence electrons. The minimum absolute atomic E-state index is 0.340. The number of hydrogen-bond donors (Lipinski definition) is 1. The van der Waals surface area contributed by atoms with Crippen LogP contribution in [-0.2, 0) is 0 Å². The molecule has 0 spiro atoms. The fourth-order valence-electron chi connectivity index (χ4n) is 2.47. The topological polar surface area (TPSA) is 58.6 Å². The predicted molar refractivity (Wildman–Crippen MR) is 75.2 cm³/mol. The van der Waals surface area contributed by atoms with Gasteiger partial charge in [-0.15, -0.1) is 0 Å². The highest BCUT2D eigenvalue weighted by atomic mass is 16.1. The van der Waals surface area contributed by atoms with E-state index in [1.165, 1.54) is 0 Å². The number of rotatable bonds is 0. The van der Waals surface area contributed by atoms with Crippen LogP contribution in [0.25, 0.3) is 32.6 Å². The number of aromatic nitrogens is 3. The van der Waals surface area contributed by atoms with Gasteiger partial charge >= 0.3 is 5.69 Å².